The van der Waals surface area contributed by atoms with Crippen molar-refractivity contribution in [1.29, 1.82) is 0 Å². The predicted octanol–water partition coefficient (Wildman–Crippen LogP) is 6.26. The Labute approximate surface area is 273 Å². The molecule has 1 fully saturated rings. The third kappa shape index (κ3) is 8.86. The molecule has 7 unspecified atom stereocenters. The molecule has 7 atom stereocenters. The van der Waals surface area contributed by atoms with Crippen LogP contribution in [-0.2, 0) is 28.2 Å². The van der Waals surface area contributed by atoms with E-state index in [-0.39, 0.29) is 35.0 Å². The van der Waals surface area contributed by atoms with Gasteiger partial charge >= 0.3 is 0 Å². The molecule has 7 nitrogen and oxygen atoms in total. The maximum Gasteiger partial charge on any atom is 0.263 e. The lowest BCUT2D eigenvalue weighted by molar-refractivity contribution is 0.00888. The van der Waals surface area contributed by atoms with Crippen LogP contribution < -0.4 is 14.4 Å². The van der Waals surface area contributed by atoms with E-state index in [0.717, 1.165) is 74.5 Å². The summed E-state index contributed by atoms with van der Waals surface area (Å²) in [5.41, 5.74) is 3.88. The number of amides is 1. The largest absolute Gasteiger partial charge is 0.491 e. The molecule has 2 aromatic carbocycles. The number of halogens is 1. The molecule has 3 aliphatic rings. The molecule has 1 saturated carbocycles. The minimum Gasteiger partial charge on any atom is -0.491 e. The van der Waals surface area contributed by atoms with Crippen LogP contribution in [0.15, 0.2) is 36.4 Å². The molecule has 0 radical (unpaired) electrons. The van der Waals surface area contributed by atoms with Crippen LogP contribution in [0.5, 0.6) is 5.75 Å². The molecule has 2 N–H and O–H groups in total. The molecule has 5 rings (SSSR count). The molecule has 0 saturated heterocycles. The Morgan fingerprint density at radius 1 is 1.09 bits per heavy atom. The number of hydrogen-bond acceptors (Lipinski definition) is 6. The molecule has 44 heavy (non-hydrogen) atoms. The van der Waals surface area contributed by atoms with E-state index in [1.165, 1.54) is 11.1 Å². The number of fused-ring (bicyclic) bond motifs is 2. The Hall–Kier alpha value is -1.94. The van der Waals surface area contributed by atoms with Crippen LogP contribution in [0.4, 0.5) is 5.69 Å². The van der Waals surface area contributed by atoms with Gasteiger partial charge in [-0.05, 0) is 98.2 Å². The minimum atomic E-state index is -1.50. The summed E-state index contributed by atoms with van der Waals surface area (Å²) in [5, 5.41) is 11.7. The summed E-state index contributed by atoms with van der Waals surface area (Å²) < 4.78 is 31.8. The fraction of sp³-hybridized carbons (Fsp3) is 0.618. The van der Waals surface area contributed by atoms with Crippen molar-refractivity contribution in [3.63, 3.8) is 0 Å². The molecule has 2 aliphatic heterocycles. The second-order valence-corrected chi connectivity index (χ2v) is 16.3. The molecule has 1 amide bonds. The summed E-state index contributed by atoms with van der Waals surface area (Å²) in [4.78, 5) is 15.6. The molecule has 0 aromatic heterocycles. The van der Waals surface area contributed by atoms with Crippen molar-refractivity contribution >= 4 is 45.0 Å². The third-order valence-electron chi connectivity index (χ3n) is 9.42. The van der Waals surface area contributed by atoms with Crippen LogP contribution in [0.3, 0.4) is 0 Å². The number of rotatable bonds is 3. The average molecular weight is 665 g/mol. The summed E-state index contributed by atoms with van der Waals surface area (Å²) in [6.45, 7) is 8.27. The van der Waals surface area contributed by atoms with Gasteiger partial charge in [0.2, 0.25) is 0 Å². The Morgan fingerprint density at radius 3 is 2.52 bits per heavy atom. The number of aliphatic hydroxyl groups excluding tert-OH is 1. The molecule has 2 aromatic rings. The standard InChI is InChI=1S/C32H43ClN2O4S.C2H6OS/c1-4-6-22-15-26(33)11-13-27(22)25-18-35-17-24-9-12-28(24)30(36)8-5-7-20(2)21(3)40(38)34-32(37)23-10-14-31(39-19-25)29(35)16-23;1-4(2)3/h10-11,13-16,20-21,24-25,28,30,36H,4-9,12,17-19H2,1-3H3,(H,34,37);1-2H3. The van der Waals surface area contributed by atoms with E-state index in [1.54, 1.807) is 18.6 Å². The first-order valence-electron chi connectivity index (χ1n) is 15.9. The lowest BCUT2D eigenvalue weighted by Crippen LogP contribution is -2.44. The van der Waals surface area contributed by atoms with E-state index in [9.17, 15) is 18.3 Å². The number of ether oxygens (including phenoxy) is 1. The Kier molecular flexibility index (Phi) is 12.7. The first-order chi connectivity index (χ1) is 21.0. The maximum atomic E-state index is 13.2. The highest BCUT2D eigenvalue weighted by Crippen LogP contribution is 2.43. The fourth-order valence-corrected chi connectivity index (χ4v) is 7.86. The van der Waals surface area contributed by atoms with E-state index in [0.29, 0.717) is 18.1 Å². The van der Waals surface area contributed by atoms with Gasteiger partial charge < -0.3 is 14.7 Å². The van der Waals surface area contributed by atoms with Gasteiger partial charge in [-0.1, -0.05) is 44.4 Å². The van der Waals surface area contributed by atoms with Crippen molar-refractivity contribution in [2.24, 2.45) is 17.8 Å². The van der Waals surface area contributed by atoms with Crippen molar-refractivity contribution in [2.45, 2.75) is 83.0 Å². The fourth-order valence-electron chi connectivity index (χ4n) is 6.62. The lowest BCUT2D eigenvalue weighted by atomic mass is 9.69. The zero-order valence-electron chi connectivity index (χ0n) is 26.7. The van der Waals surface area contributed by atoms with Crippen LogP contribution in [0.1, 0.15) is 86.7 Å². The normalized spacial score (nSPS) is 29.2. The van der Waals surface area contributed by atoms with Crippen LogP contribution in [0.2, 0.25) is 5.02 Å². The van der Waals surface area contributed by atoms with Gasteiger partial charge in [0.25, 0.3) is 5.91 Å². The van der Waals surface area contributed by atoms with Gasteiger partial charge in [-0.15, -0.1) is 0 Å². The Morgan fingerprint density at radius 2 is 1.84 bits per heavy atom. The monoisotopic (exact) mass is 664 g/mol. The van der Waals surface area contributed by atoms with Crippen molar-refractivity contribution < 1.29 is 23.1 Å². The quantitative estimate of drug-likeness (QED) is 0.402. The second kappa shape index (κ2) is 16.1. The van der Waals surface area contributed by atoms with Gasteiger partial charge in [0.05, 0.1) is 23.6 Å². The first kappa shape index (κ1) is 34.9. The summed E-state index contributed by atoms with van der Waals surface area (Å²) in [7, 11) is -2.11. The Balaban J connectivity index is 0.00000104. The van der Waals surface area contributed by atoms with Crippen LogP contribution in [0.25, 0.3) is 0 Å². The summed E-state index contributed by atoms with van der Waals surface area (Å²) in [6.07, 6.45) is 9.60. The summed E-state index contributed by atoms with van der Waals surface area (Å²) in [6, 6.07) is 11.7. The van der Waals surface area contributed by atoms with Gasteiger partial charge in [0.1, 0.15) is 16.7 Å². The molecule has 1 aliphatic carbocycles. The minimum absolute atomic E-state index is 0.132. The number of aliphatic hydroxyl groups is 1. The van der Waals surface area contributed by atoms with E-state index in [2.05, 4.69) is 35.6 Å². The van der Waals surface area contributed by atoms with Crippen molar-refractivity contribution in [2.75, 3.05) is 37.1 Å². The molecule has 10 heteroatoms. The molecule has 244 valence electrons. The summed E-state index contributed by atoms with van der Waals surface area (Å²) in [5.74, 6) is 1.40. The smallest absolute Gasteiger partial charge is 0.263 e. The summed E-state index contributed by atoms with van der Waals surface area (Å²) >= 11 is 6.38. The number of aryl methyl sites for hydroxylation is 1. The number of hydrogen-bond donors (Lipinski definition) is 2. The SMILES string of the molecule is CCCc1cc(Cl)ccc1C1COc2ccc3cc2N(C1)CC1CCC1C(O)CCCC(C)C(C)S(=O)NC3=O.CS(C)=O. The van der Waals surface area contributed by atoms with Crippen molar-refractivity contribution in [3.05, 3.63) is 58.1 Å². The molecule has 2 bridgehead atoms. The van der Waals surface area contributed by atoms with E-state index in [1.807, 2.05) is 25.1 Å². The highest BCUT2D eigenvalue weighted by atomic mass is 35.5. The maximum absolute atomic E-state index is 13.2. The van der Waals surface area contributed by atoms with Gasteiger partial charge in [-0.2, -0.15) is 0 Å². The molecular formula is C34H49ClN2O5S2. The van der Waals surface area contributed by atoms with Crippen LogP contribution >= 0.6 is 11.6 Å². The second-order valence-electron chi connectivity index (χ2n) is 12.8. The van der Waals surface area contributed by atoms with Gasteiger partial charge in [0.15, 0.2) is 0 Å². The van der Waals surface area contributed by atoms with E-state index >= 15 is 0 Å². The Bertz CT molecular complexity index is 1340. The van der Waals surface area contributed by atoms with E-state index < -0.39 is 21.8 Å². The highest BCUT2D eigenvalue weighted by Gasteiger charge is 2.39. The highest BCUT2D eigenvalue weighted by molar-refractivity contribution is 7.84. The van der Waals surface area contributed by atoms with Crippen molar-refractivity contribution in [3.8, 4) is 5.75 Å². The zero-order valence-corrected chi connectivity index (χ0v) is 29.1. The van der Waals surface area contributed by atoms with Gasteiger partial charge in [-0.25, -0.2) is 4.21 Å². The lowest BCUT2D eigenvalue weighted by Gasteiger charge is -2.43. The van der Waals surface area contributed by atoms with Crippen LogP contribution in [-0.4, -0.2) is 63.0 Å². The molecular weight excluding hydrogens is 616 g/mol. The number of nitrogens with one attached hydrogen (secondary N) is 1. The number of carbonyl (C=O) groups excluding carboxylic acids is 1. The topological polar surface area (TPSA) is 95.9 Å². The number of nitrogens with zero attached hydrogens (tertiary/aromatic N) is 1. The zero-order chi connectivity index (χ0) is 32.0. The number of benzene rings is 2. The van der Waals surface area contributed by atoms with Crippen LogP contribution in [0, 0.1) is 17.8 Å². The third-order valence-corrected chi connectivity index (χ3v) is 11.2. The number of carbonyl (C=O) groups is 1. The van der Waals surface area contributed by atoms with Gasteiger partial charge in [-0.3, -0.25) is 13.7 Å². The predicted molar refractivity (Wildman–Crippen MR) is 183 cm³/mol. The number of anilines is 1. The van der Waals surface area contributed by atoms with Crippen molar-refractivity contribution in [1.82, 2.24) is 4.72 Å². The first-order valence-corrected chi connectivity index (χ1v) is 19.5. The average Bonchev–Trinajstić information content (AvgIpc) is 3.13. The molecule has 0 spiro atoms. The van der Waals surface area contributed by atoms with Gasteiger partial charge in [0, 0.05) is 52.9 Å². The molecule has 2 heterocycles. The van der Waals surface area contributed by atoms with E-state index in [4.69, 9.17) is 16.3 Å².